The van der Waals surface area contributed by atoms with Crippen molar-refractivity contribution in [3.63, 3.8) is 0 Å². The summed E-state index contributed by atoms with van der Waals surface area (Å²) < 4.78 is 11.4. The minimum absolute atomic E-state index is 0.0137. The SMILES string of the molecule is CCOc1nc(Oc2ccc(Br)c(C=O)c2)ccc1C(=O)O. The molecule has 22 heavy (non-hydrogen) atoms. The molecule has 0 spiro atoms. The van der Waals surface area contributed by atoms with E-state index in [2.05, 4.69) is 20.9 Å². The van der Waals surface area contributed by atoms with Gasteiger partial charge in [-0.15, -0.1) is 0 Å². The van der Waals surface area contributed by atoms with Crippen LogP contribution in [0.1, 0.15) is 27.6 Å². The van der Waals surface area contributed by atoms with Gasteiger partial charge in [-0.2, -0.15) is 4.98 Å². The van der Waals surface area contributed by atoms with Gasteiger partial charge in [0.25, 0.3) is 0 Å². The van der Waals surface area contributed by atoms with E-state index >= 15 is 0 Å². The second-order valence-electron chi connectivity index (χ2n) is 4.14. The van der Waals surface area contributed by atoms with Crippen molar-refractivity contribution in [3.05, 3.63) is 45.9 Å². The first-order valence-corrected chi connectivity index (χ1v) is 7.14. The number of ether oxygens (including phenoxy) is 2. The topological polar surface area (TPSA) is 85.7 Å². The van der Waals surface area contributed by atoms with Crippen molar-refractivity contribution in [2.75, 3.05) is 6.61 Å². The number of rotatable bonds is 6. The Morgan fingerprint density at radius 3 is 2.77 bits per heavy atom. The molecular weight excluding hydrogens is 354 g/mol. The predicted molar refractivity (Wildman–Crippen MR) is 82.0 cm³/mol. The van der Waals surface area contributed by atoms with Crippen molar-refractivity contribution < 1.29 is 24.2 Å². The number of aldehydes is 1. The van der Waals surface area contributed by atoms with Crippen molar-refractivity contribution in [2.45, 2.75) is 6.92 Å². The fourth-order valence-electron chi connectivity index (χ4n) is 1.69. The van der Waals surface area contributed by atoms with Gasteiger partial charge in [-0.25, -0.2) is 4.79 Å². The molecule has 0 atom stereocenters. The molecule has 0 radical (unpaired) electrons. The van der Waals surface area contributed by atoms with E-state index in [1.54, 1.807) is 25.1 Å². The Hall–Kier alpha value is -2.41. The lowest BCUT2D eigenvalue weighted by atomic mass is 10.2. The number of carbonyl (C=O) groups is 2. The fraction of sp³-hybridized carbons (Fsp3) is 0.133. The van der Waals surface area contributed by atoms with Crippen LogP contribution in [-0.4, -0.2) is 29.0 Å². The summed E-state index contributed by atoms with van der Waals surface area (Å²) in [6.07, 6.45) is 0.698. The number of hydrogen-bond acceptors (Lipinski definition) is 5. The summed E-state index contributed by atoms with van der Waals surface area (Å²) in [5.74, 6) is -0.564. The van der Waals surface area contributed by atoms with Crippen LogP contribution in [0.3, 0.4) is 0 Å². The average Bonchev–Trinajstić information content (AvgIpc) is 2.49. The minimum Gasteiger partial charge on any atom is -0.477 e. The first-order chi connectivity index (χ1) is 10.5. The highest BCUT2D eigenvalue weighted by molar-refractivity contribution is 9.10. The van der Waals surface area contributed by atoms with Crippen LogP contribution in [0.5, 0.6) is 17.5 Å². The summed E-state index contributed by atoms with van der Waals surface area (Å²) in [7, 11) is 0. The molecule has 0 saturated carbocycles. The molecule has 0 aliphatic rings. The Bertz CT molecular complexity index is 717. The number of carbonyl (C=O) groups excluding carboxylic acids is 1. The Kier molecular flexibility index (Phi) is 5.11. The zero-order chi connectivity index (χ0) is 16.1. The van der Waals surface area contributed by atoms with Crippen LogP contribution in [0.4, 0.5) is 0 Å². The largest absolute Gasteiger partial charge is 0.477 e. The van der Waals surface area contributed by atoms with Gasteiger partial charge in [0.2, 0.25) is 11.8 Å². The van der Waals surface area contributed by atoms with Crippen LogP contribution < -0.4 is 9.47 Å². The van der Waals surface area contributed by atoms with Gasteiger partial charge in [0.15, 0.2) is 6.29 Å². The van der Waals surface area contributed by atoms with E-state index in [1.807, 2.05) is 0 Å². The monoisotopic (exact) mass is 365 g/mol. The molecule has 0 aliphatic heterocycles. The molecule has 0 unspecified atom stereocenters. The lowest BCUT2D eigenvalue weighted by Crippen LogP contribution is -2.05. The number of aromatic nitrogens is 1. The Morgan fingerprint density at radius 2 is 2.14 bits per heavy atom. The molecule has 0 aliphatic carbocycles. The molecule has 1 N–H and O–H groups in total. The summed E-state index contributed by atoms with van der Waals surface area (Å²) >= 11 is 3.25. The molecule has 114 valence electrons. The maximum absolute atomic E-state index is 11.1. The number of carboxylic acid groups (broad SMARTS) is 1. The van der Waals surface area contributed by atoms with E-state index in [9.17, 15) is 9.59 Å². The molecule has 0 fully saturated rings. The van der Waals surface area contributed by atoms with Gasteiger partial charge in [-0.05, 0) is 31.2 Å². The van der Waals surface area contributed by atoms with Gasteiger partial charge in [0.05, 0.1) is 6.61 Å². The lowest BCUT2D eigenvalue weighted by Gasteiger charge is -2.10. The average molecular weight is 366 g/mol. The number of benzene rings is 1. The lowest BCUT2D eigenvalue weighted by molar-refractivity contribution is 0.0691. The molecule has 7 heteroatoms. The van der Waals surface area contributed by atoms with Gasteiger partial charge in [0.1, 0.15) is 11.3 Å². The second kappa shape index (κ2) is 7.04. The van der Waals surface area contributed by atoms with Gasteiger partial charge in [-0.3, -0.25) is 4.79 Å². The van der Waals surface area contributed by atoms with Crippen LogP contribution in [0.2, 0.25) is 0 Å². The first kappa shape index (κ1) is 16.0. The Balaban J connectivity index is 2.31. The van der Waals surface area contributed by atoms with E-state index in [0.29, 0.717) is 22.1 Å². The molecule has 2 aromatic rings. The van der Waals surface area contributed by atoms with Gasteiger partial charge in [-0.1, -0.05) is 15.9 Å². The van der Waals surface area contributed by atoms with Crippen molar-refractivity contribution in [1.29, 1.82) is 0 Å². The zero-order valence-electron chi connectivity index (χ0n) is 11.6. The number of carboxylic acids is 1. The summed E-state index contributed by atoms with van der Waals surface area (Å²) in [5.41, 5.74) is 0.392. The van der Waals surface area contributed by atoms with E-state index in [4.69, 9.17) is 14.6 Å². The highest BCUT2D eigenvalue weighted by Crippen LogP contribution is 2.27. The molecule has 0 bridgehead atoms. The number of hydrogen-bond donors (Lipinski definition) is 1. The molecule has 0 saturated heterocycles. The third-order valence-electron chi connectivity index (χ3n) is 2.66. The highest BCUT2D eigenvalue weighted by Gasteiger charge is 2.14. The van der Waals surface area contributed by atoms with Crippen LogP contribution in [0.25, 0.3) is 0 Å². The third kappa shape index (κ3) is 3.62. The summed E-state index contributed by atoms with van der Waals surface area (Å²) in [4.78, 5) is 26.0. The quantitative estimate of drug-likeness (QED) is 0.787. The highest BCUT2D eigenvalue weighted by atomic mass is 79.9. The molecule has 1 aromatic carbocycles. The van der Waals surface area contributed by atoms with E-state index in [0.717, 1.165) is 0 Å². The maximum Gasteiger partial charge on any atom is 0.341 e. The fourth-order valence-corrected chi connectivity index (χ4v) is 2.03. The van der Waals surface area contributed by atoms with Crippen LogP contribution in [0.15, 0.2) is 34.8 Å². The smallest absolute Gasteiger partial charge is 0.341 e. The zero-order valence-corrected chi connectivity index (χ0v) is 13.2. The molecule has 0 amide bonds. The summed E-state index contributed by atoms with van der Waals surface area (Å²) in [6.45, 7) is 2.01. The number of halogens is 1. The molecular formula is C15H12BrNO5. The predicted octanol–water partition coefficient (Wildman–Crippen LogP) is 3.55. The second-order valence-corrected chi connectivity index (χ2v) is 5.00. The van der Waals surface area contributed by atoms with Crippen molar-refractivity contribution >= 4 is 28.2 Å². The Labute approximate surface area is 134 Å². The van der Waals surface area contributed by atoms with E-state index < -0.39 is 5.97 Å². The van der Waals surface area contributed by atoms with E-state index in [-0.39, 0.29) is 23.9 Å². The van der Waals surface area contributed by atoms with E-state index in [1.165, 1.54) is 12.1 Å². The number of nitrogens with zero attached hydrogens (tertiary/aromatic N) is 1. The van der Waals surface area contributed by atoms with Crippen molar-refractivity contribution in [1.82, 2.24) is 4.98 Å². The number of aromatic carboxylic acids is 1. The Morgan fingerprint density at radius 1 is 1.36 bits per heavy atom. The van der Waals surface area contributed by atoms with Crippen LogP contribution in [0, 0.1) is 0 Å². The van der Waals surface area contributed by atoms with Gasteiger partial charge in [0, 0.05) is 16.1 Å². The van der Waals surface area contributed by atoms with Crippen LogP contribution in [-0.2, 0) is 0 Å². The van der Waals surface area contributed by atoms with Crippen molar-refractivity contribution in [2.24, 2.45) is 0 Å². The summed E-state index contributed by atoms with van der Waals surface area (Å²) in [5, 5.41) is 9.07. The standard InChI is InChI=1S/C15H12BrNO5/c1-2-21-14-11(15(19)20)4-6-13(17-14)22-10-3-5-12(16)9(7-10)8-18/h3-8H,2H2,1H3,(H,19,20). The maximum atomic E-state index is 11.1. The van der Waals surface area contributed by atoms with Crippen LogP contribution >= 0.6 is 15.9 Å². The first-order valence-electron chi connectivity index (χ1n) is 6.35. The molecule has 6 nitrogen and oxygen atoms in total. The van der Waals surface area contributed by atoms with Gasteiger partial charge >= 0.3 is 5.97 Å². The molecule has 1 aromatic heterocycles. The van der Waals surface area contributed by atoms with Gasteiger partial charge < -0.3 is 14.6 Å². The summed E-state index contributed by atoms with van der Waals surface area (Å²) in [6, 6.07) is 7.66. The molecule has 2 rings (SSSR count). The third-order valence-corrected chi connectivity index (χ3v) is 3.39. The van der Waals surface area contributed by atoms with Crippen molar-refractivity contribution in [3.8, 4) is 17.5 Å². The number of pyridine rings is 1. The minimum atomic E-state index is -1.13. The molecule has 1 heterocycles. The normalized spacial score (nSPS) is 10.1.